The van der Waals surface area contributed by atoms with E-state index in [9.17, 15) is 0 Å². The summed E-state index contributed by atoms with van der Waals surface area (Å²) in [4.78, 5) is 1.37. The van der Waals surface area contributed by atoms with Crippen LogP contribution in [0.3, 0.4) is 0 Å². The first-order valence-electron chi connectivity index (χ1n) is 6.77. The summed E-state index contributed by atoms with van der Waals surface area (Å²) in [7, 11) is 0. The van der Waals surface area contributed by atoms with E-state index in [1.165, 1.54) is 16.0 Å². The maximum Gasteiger partial charge on any atom is 0.0992 e. The molecule has 2 aromatic carbocycles. The highest BCUT2D eigenvalue weighted by Crippen LogP contribution is 2.38. The van der Waals surface area contributed by atoms with Crippen LogP contribution in [0, 0.1) is 18.3 Å². The molecule has 1 aliphatic heterocycles. The molecule has 0 amide bonds. The molecule has 0 bridgehead atoms. The van der Waals surface area contributed by atoms with Gasteiger partial charge in [-0.05, 0) is 42.7 Å². The van der Waals surface area contributed by atoms with Crippen LogP contribution in [0.4, 0.5) is 5.69 Å². The Kier molecular flexibility index (Phi) is 3.66. The first-order valence-corrected chi connectivity index (χ1v) is 7.75. The van der Waals surface area contributed by atoms with Crippen molar-refractivity contribution in [3.8, 4) is 6.07 Å². The zero-order valence-electron chi connectivity index (χ0n) is 11.4. The highest BCUT2D eigenvalue weighted by atomic mass is 32.2. The van der Waals surface area contributed by atoms with Crippen molar-refractivity contribution < 1.29 is 0 Å². The number of nitrogens with one attached hydrogen (secondary N) is 1. The summed E-state index contributed by atoms with van der Waals surface area (Å²) in [6.07, 6.45) is 1.11. The van der Waals surface area contributed by atoms with Crippen molar-refractivity contribution >= 4 is 17.4 Å². The Hall–Kier alpha value is -1.92. The number of hydrogen-bond donors (Lipinski definition) is 1. The van der Waals surface area contributed by atoms with Gasteiger partial charge in [-0.15, -0.1) is 11.8 Å². The Bertz CT molecular complexity index is 673. The fourth-order valence-electron chi connectivity index (χ4n) is 2.53. The van der Waals surface area contributed by atoms with Crippen LogP contribution in [0.2, 0.25) is 0 Å². The van der Waals surface area contributed by atoms with E-state index in [1.54, 1.807) is 0 Å². The summed E-state index contributed by atoms with van der Waals surface area (Å²) in [6, 6.07) is 16.9. The van der Waals surface area contributed by atoms with Crippen molar-refractivity contribution in [3.05, 3.63) is 59.2 Å². The third kappa shape index (κ3) is 2.52. The number of nitriles is 1. The van der Waals surface area contributed by atoms with Crippen LogP contribution in [0.25, 0.3) is 0 Å². The van der Waals surface area contributed by atoms with E-state index in [-0.39, 0.29) is 0 Å². The standard InChI is InChI=1S/C17H16N2S/c1-12-6-7-13(11-18)10-16(12)19-15-8-9-20-17-5-3-2-4-14(15)17/h2-7,10,15,19H,8-9H2,1H3. The topological polar surface area (TPSA) is 35.8 Å². The average Bonchev–Trinajstić information content (AvgIpc) is 2.50. The van der Waals surface area contributed by atoms with Crippen molar-refractivity contribution in [2.75, 3.05) is 11.1 Å². The number of anilines is 1. The van der Waals surface area contributed by atoms with E-state index >= 15 is 0 Å². The largest absolute Gasteiger partial charge is 0.378 e. The Morgan fingerprint density at radius 1 is 1.25 bits per heavy atom. The van der Waals surface area contributed by atoms with Gasteiger partial charge >= 0.3 is 0 Å². The van der Waals surface area contributed by atoms with Crippen LogP contribution in [0.15, 0.2) is 47.4 Å². The van der Waals surface area contributed by atoms with Crippen LogP contribution in [-0.4, -0.2) is 5.75 Å². The number of fused-ring (bicyclic) bond motifs is 1. The van der Waals surface area contributed by atoms with E-state index in [4.69, 9.17) is 5.26 Å². The molecule has 1 N–H and O–H groups in total. The number of benzene rings is 2. The minimum Gasteiger partial charge on any atom is -0.378 e. The third-order valence-corrected chi connectivity index (χ3v) is 4.78. The molecular weight excluding hydrogens is 264 g/mol. The van der Waals surface area contributed by atoms with Crippen molar-refractivity contribution in [3.63, 3.8) is 0 Å². The molecule has 0 aromatic heterocycles. The van der Waals surface area contributed by atoms with Crippen molar-refractivity contribution in [2.45, 2.75) is 24.3 Å². The van der Waals surface area contributed by atoms with Gasteiger partial charge in [0.05, 0.1) is 17.7 Å². The molecule has 2 nitrogen and oxygen atoms in total. The number of rotatable bonds is 2. The van der Waals surface area contributed by atoms with Crippen LogP contribution >= 0.6 is 11.8 Å². The van der Waals surface area contributed by atoms with Gasteiger partial charge in [0, 0.05) is 16.3 Å². The number of aryl methyl sites for hydroxylation is 1. The molecule has 1 aliphatic rings. The lowest BCUT2D eigenvalue weighted by Crippen LogP contribution is -2.16. The van der Waals surface area contributed by atoms with Gasteiger partial charge in [-0.3, -0.25) is 0 Å². The van der Waals surface area contributed by atoms with E-state index in [1.807, 2.05) is 30.0 Å². The van der Waals surface area contributed by atoms with Gasteiger partial charge in [0.25, 0.3) is 0 Å². The fraction of sp³-hybridized carbons (Fsp3) is 0.235. The van der Waals surface area contributed by atoms with Crippen LogP contribution in [-0.2, 0) is 0 Å². The van der Waals surface area contributed by atoms with Crippen LogP contribution in [0.5, 0.6) is 0 Å². The lowest BCUT2D eigenvalue weighted by Gasteiger charge is -2.27. The zero-order valence-corrected chi connectivity index (χ0v) is 12.2. The molecule has 3 heteroatoms. The van der Waals surface area contributed by atoms with Gasteiger partial charge in [0.1, 0.15) is 0 Å². The van der Waals surface area contributed by atoms with Crippen molar-refractivity contribution in [1.82, 2.24) is 0 Å². The highest BCUT2D eigenvalue weighted by Gasteiger charge is 2.20. The molecular formula is C17H16N2S. The minimum atomic E-state index is 0.333. The van der Waals surface area contributed by atoms with Crippen LogP contribution in [0.1, 0.15) is 29.2 Å². The number of hydrogen-bond acceptors (Lipinski definition) is 3. The van der Waals surface area contributed by atoms with Gasteiger partial charge in [-0.25, -0.2) is 0 Å². The third-order valence-electron chi connectivity index (χ3n) is 3.65. The summed E-state index contributed by atoms with van der Waals surface area (Å²) in [5.41, 5.74) is 4.32. The molecule has 1 atom stereocenters. The molecule has 2 aromatic rings. The molecule has 20 heavy (non-hydrogen) atoms. The maximum absolute atomic E-state index is 9.04. The van der Waals surface area contributed by atoms with Crippen molar-refractivity contribution in [2.24, 2.45) is 0 Å². The van der Waals surface area contributed by atoms with Gasteiger partial charge < -0.3 is 5.32 Å². The van der Waals surface area contributed by atoms with E-state index < -0.39 is 0 Å². The molecule has 0 radical (unpaired) electrons. The first kappa shape index (κ1) is 13.1. The quantitative estimate of drug-likeness (QED) is 0.878. The van der Waals surface area contributed by atoms with Gasteiger partial charge in [0.15, 0.2) is 0 Å². The number of thioether (sulfide) groups is 1. The summed E-state index contributed by atoms with van der Waals surface area (Å²) in [6.45, 7) is 2.08. The van der Waals surface area contributed by atoms with E-state index in [0.29, 0.717) is 11.6 Å². The molecule has 0 spiro atoms. The average molecular weight is 280 g/mol. The maximum atomic E-state index is 9.04. The normalized spacial score (nSPS) is 17.1. The second kappa shape index (κ2) is 5.60. The first-order chi connectivity index (χ1) is 9.78. The highest BCUT2D eigenvalue weighted by molar-refractivity contribution is 7.99. The van der Waals surface area contributed by atoms with E-state index in [2.05, 4.69) is 42.6 Å². The van der Waals surface area contributed by atoms with Crippen molar-refractivity contribution in [1.29, 1.82) is 5.26 Å². The predicted octanol–water partition coefficient (Wildman–Crippen LogP) is 4.52. The smallest absolute Gasteiger partial charge is 0.0992 e. The molecule has 0 aliphatic carbocycles. The fourth-order valence-corrected chi connectivity index (χ4v) is 3.65. The Balaban J connectivity index is 1.91. The molecule has 1 heterocycles. The van der Waals surface area contributed by atoms with Gasteiger partial charge in [0.2, 0.25) is 0 Å². The zero-order chi connectivity index (χ0) is 13.9. The minimum absolute atomic E-state index is 0.333. The lowest BCUT2D eigenvalue weighted by molar-refractivity contribution is 0.728. The van der Waals surface area contributed by atoms with Gasteiger partial charge in [-0.1, -0.05) is 24.3 Å². The molecule has 0 fully saturated rings. The summed E-state index contributed by atoms with van der Waals surface area (Å²) < 4.78 is 0. The molecule has 1 unspecified atom stereocenters. The molecule has 3 rings (SSSR count). The molecule has 0 saturated heterocycles. The summed E-state index contributed by atoms with van der Waals surface area (Å²) in [5, 5.41) is 12.7. The van der Waals surface area contributed by atoms with E-state index in [0.717, 1.165) is 17.9 Å². The Morgan fingerprint density at radius 2 is 2.10 bits per heavy atom. The summed E-state index contributed by atoms with van der Waals surface area (Å²) >= 11 is 1.92. The Labute approximate surface area is 123 Å². The summed E-state index contributed by atoms with van der Waals surface area (Å²) in [5.74, 6) is 1.13. The molecule has 0 saturated carbocycles. The Morgan fingerprint density at radius 3 is 2.95 bits per heavy atom. The second-order valence-electron chi connectivity index (χ2n) is 5.01. The van der Waals surface area contributed by atoms with Gasteiger partial charge in [-0.2, -0.15) is 5.26 Å². The van der Waals surface area contributed by atoms with Crippen LogP contribution < -0.4 is 5.32 Å². The number of nitrogens with zero attached hydrogens (tertiary/aromatic N) is 1. The SMILES string of the molecule is Cc1ccc(C#N)cc1NC1CCSc2ccccc21. The monoisotopic (exact) mass is 280 g/mol. The second-order valence-corrected chi connectivity index (χ2v) is 6.15. The lowest BCUT2D eigenvalue weighted by atomic mass is 10.0. The predicted molar refractivity (Wildman–Crippen MR) is 84.0 cm³/mol. The molecule has 100 valence electrons.